The molecule has 2 rings (SSSR count). The molecule has 0 spiro atoms. The third kappa shape index (κ3) is 3.63. The Kier molecular flexibility index (Phi) is 5.00. The number of rotatable bonds is 5. The summed E-state index contributed by atoms with van der Waals surface area (Å²) in [6, 6.07) is 4.75. The summed E-state index contributed by atoms with van der Waals surface area (Å²) in [5.74, 6) is 0.131. The molecule has 3 N–H and O–H groups in total. The Bertz CT molecular complexity index is 560. The van der Waals surface area contributed by atoms with Crippen LogP contribution in [0.3, 0.4) is 0 Å². The number of carbonyl (C=O) groups excluding carboxylic acids is 2. The van der Waals surface area contributed by atoms with E-state index in [0.29, 0.717) is 12.3 Å². The van der Waals surface area contributed by atoms with Crippen LogP contribution < -0.4 is 16.0 Å². The van der Waals surface area contributed by atoms with E-state index in [1.165, 1.54) is 0 Å². The highest BCUT2D eigenvalue weighted by Gasteiger charge is 2.34. The smallest absolute Gasteiger partial charge is 0.246 e. The molecule has 2 atom stereocenters. The summed E-state index contributed by atoms with van der Waals surface area (Å²) in [5, 5.41) is 8.67. The van der Waals surface area contributed by atoms with Crippen LogP contribution in [0, 0.1) is 5.92 Å². The van der Waals surface area contributed by atoms with E-state index in [1.807, 2.05) is 18.2 Å². The maximum atomic E-state index is 12.2. The quantitative estimate of drug-likeness (QED) is 0.759. The molecule has 6 heteroatoms. The first kappa shape index (κ1) is 16.0. The second-order valence-electron chi connectivity index (χ2n) is 5.62. The van der Waals surface area contributed by atoms with Crippen molar-refractivity contribution < 1.29 is 9.59 Å². The Morgan fingerprint density at radius 1 is 1.43 bits per heavy atom. The molecule has 1 aliphatic rings. The van der Waals surface area contributed by atoms with E-state index in [1.54, 1.807) is 7.05 Å². The molecule has 2 amide bonds. The summed E-state index contributed by atoms with van der Waals surface area (Å²) >= 11 is 3.42. The predicted octanol–water partition coefficient (Wildman–Crippen LogP) is 2.19. The van der Waals surface area contributed by atoms with Gasteiger partial charge in [-0.3, -0.25) is 14.9 Å². The minimum Gasteiger partial charge on any atom is -0.358 e. The molecule has 1 heterocycles. The zero-order valence-electron chi connectivity index (χ0n) is 12.4. The topological polar surface area (TPSA) is 70.2 Å². The van der Waals surface area contributed by atoms with Gasteiger partial charge in [0.1, 0.15) is 6.04 Å². The zero-order valence-corrected chi connectivity index (χ0v) is 14.0. The van der Waals surface area contributed by atoms with Crippen molar-refractivity contribution in [2.24, 2.45) is 5.92 Å². The van der Waals surface area contributed by atoms with E-state index in [2.05, 4.69) is 45.7 Å². The summed E-state index contributed by atoms with van der Waals surface area (Å²) < 4.78 is 0.907. The first-order valence-corrected chi connectivity index (χ1v) is 7.79. The van der Waals surface area contributed by atoms with Crippen LogP contribution in [0.25, 0.3) is 0 Å². The van der Waals surface area contributed by atoms with Gasteiger partial charge in [0.05, 0.1) is 6.04 Å². The number of hydrogen-bond acceptors (Lipinski definition) is 3. The molecule has 21 heavy (non-hydrogen) atoms. The lowest BCUT2D eigenvalue weighted by atomic mass is 10.0. The Labute approximate surface area is 133 Å². The number of carbonyl (C=O) groups is 2. The molecule has 2 unspecified atom stereocenters. The lowest BCUT2D eigenvalue weighted by Gasteiger charge is -2.22. The number of halogens is 1. The van der Waals surface area contributed by atoms with Crippen LogP contribution in [0.5, 0.6) is 0 Å². The molecule has 0 radical (unpaired) electrons. The molecule has 0 saturated carbocycles. The summed E-state index contributed by atoms with van der Waals surface area (Å²) in [5.41, 5.74) is 1.66. The summed E-state index contributed by atoms with van der Waals surface area (Å²) in [4.78, 5) is 24.2. The van der Waals surface area contributed by atoms with Crippen molar-refractivity contribution in [2.75, 3.05) is 12.4 Å². The molecule has 0 fully saturated rings. The number of likely N-dealkylation sites (N-methyl/N-ethyl adjacent to an activating group) is 1. The summed E-state index contributed by atoms with van der Waals surface area (Å²) in [6.07, 6.45) is 0.673. The minimum absolute atomic E-state index is 0.0973. The fourth-order valence-corrected chi connectivity index (χ4v) is 2.87. The molecule has 0 aliphatic carbocycles. The van der Waals surface area contributed by atoms with Gasteiger partial charge in [-0.1, -0.05) is 29.8 Å². The maximum absolute atomic E-state index is 12.2. The Balaban J connectivity index is 2.23. The van der Waals surface area contributed by atoms with Crippen LogP contribution in [0.4, 0.5) is 5.69 Å². The fourth-order valence-electron chi connectivity index (χ4n) is 2.50. The summed E-state index contributed by atoms with van der Waals surface area (Å²) in [6.45, 7) is 4.10. The van der Waals surface area contributed by atoms with Crippen molar-refractivity contribution in [1.29, 1.82) is 0 Å². The van der Waals surface area contributed by atoms with Crippen molar-refractivity contribution in [3.63, 3.8) is 0 Å². The van der Waals surface area contributed by atoms with Crippen LogP contribution in [0.1, 0.15) is 31.9 Å². The predicted molar refractivity (Wildman–Crippen MR) is 86.0 cm³/mol. The average molecular weight is 354 g/mol. The highest BCUT2D eigenvalue weighted by Crippen LogP contribution is 2.33. The van der Waals surface area contributed by atoms with Crippen molar-refractivity contribution in [2.45, 2.75) is 32.4 Å². The largest absolute Gasteiger partial charge is 0.358 e. The zero-order chi connectivity index (χ0) is 15.6. The van der Waals surface area contributed by atoms with Crippen molar-refractivity contribution in [3.8, 4) is 0 Å². The van der Waals surface area contributed by atoms with Gasteiger partial charge in [-0.25, -0.2) is 0 Å². The van der Waals surface area contributed by atoms with Gasteiger partial charge in [-0.15, -0.1) is 0 Å². The number of hydrogen-bond donors (Lipinski definition) is 3. The first-order valence-electron chi connectivity index (χ1n) is 7.00. The molecular formula is C15H20BrN3O2. The van der Waals surface area contributed by atoms with Crippen LogP contribution in [0.2, 0.25) is 0 Å². The van der Waals surface area contributed by atoms with E-state index >= 15 is 0 Å². The summed E-state index contributed by atoms with van der Waals surface area (Å²) in [7, 11) is 1.61. The second kappa shape index (κ2) is 6.58. The SMILES string of the molecule is CNC(=O)C(CC(C)C)NC1C(=O)Nc2ccc(Br)cc21. The molecule has 1 aromatic rings. The van der Waals surface area contributed by atoms with Gasteiger partial charge in [-0.2, -0.15) is 0 Å². The number of nitrogens with one attached hydrogen (secondary N) is 3. The molecule has 0 saturated heterocycles. The lowest BCUT2D eigenvalue weighted by Crippen LogP contribution is -2.46. The monoisotopic (exact) mass is 353 g/mol. The molecule has 0 aromatic heterocycles. The Morgan fingerprint density at radius 2 is 2.14 bits per heavy atom. The minimum atomic E-state index is -0.501. The molecular weight excluding hydrogens is 334 g/mol. The Morgan fingerprint density at radius 3 is 2.76 bits per heavy atom. The number of fused-ring (bicyclic) bond motifs is 1. The van der Waals surface area contributed by atoms with Gasteiger partial charge in [0.15, 0.2) is 0 Å². The molecule has 1 aliphatic heterocycles. The fraction of sp³-hybridized carbons (Fsp3) is 0.467. The molecule has 5 nitrogen and oxygen atoms in total. The third-order valence-electron chi connectivity index (χ3n) is 3.48. The van der Waals surface area contributed by atoms with Crippen molar-refractivity contribution >= 4 is 33.4 Å². The van der Waals surface area contributed by atoms with E-state index < -0.39 is 12.1 Å². The Hall–Kier alpha value is -1.40. The van der Waals surface area contributed by atoms with Crippen molar-refractivity contribution in [3.05, 3.63) is 28.2 Å². The van der Waals surface area contributed by atoms with Gasteiger partial charge in [0.25, 0.3) is 0 Å². The normalized spacial score (nSPS) is 18.3. The van der Waals surface area contributed by atoms with Crippen LogP contribution >= 0.6 is 15.9 Å². The maximum Gasteiger partial charge on any atom is 0.246 e. The second-order valence-corrected chi connectivity index (χ2v) is 6.53. The van der Waals surface area contributed by atoms with Crippen LogP contribution in [-0.4, -0.2) is 24.9 Å². The highest BCUT2D eigenvalue weighted by atomic mass is 79.9. The van der Waals surface area contributed by atoms with Gasteiger partial charge < -0.3 is 10.6 Å². The van der Waals surface area contributed by atoms with Gasteiger partial charge >= 0.3 is 0 Å². The molecule has 114 valence electrons. The standard InChI is InChI=1S/C15H20BrN3O2/c1-8(2)6-12(14(20)17-3)18-13-10-7-9(16)4-5-11(10)19-15(13)21/h4-5,7-8,12-13,18H,6H2,1-3H3,(H,17,20)(H,19,21). The van der Waals surface area contributed by atoms with Crippen LogP contribution in [0.15, 0.2) is 22.7 Å². The first-order chi connectivity index (χ1) is 9.92. The average Bonchev–Trinajstić information content (AvgIpc) is 2.72. The number of amides is 2. The van der Waals surface area contributed by atoms with Crippen LogP contribution in [-0.2, 0) is 9.59 Å². The number of anilines is 1. The van der Waals surface area contributed by atoms with Crippen molar-refractivity contribution in [1.82, 2.24) is 10.6 Å². The molecule has 1 aromatic carbocycles. The van der Waals surface area contributed by atoms with E-state index in [4.69, 9.17) is 0 Å². The van der Waals surface area contributed by atoms with E-state index in [9.17, 15) is 9.59 Å². The van der Waals surface area contributed by atoms with E-state index in [-0.39, 0.29) is 11.8 Å². The lowest BCUT2D eigenvalue weighted by molar-refractivity contribution is -0.124. The number of benzene rings is 1. The van der Waals surface area contributed by atoms with Gasteiger partial charge in [0.2, 0.25) is 11.8 Å². The van der Waals surface area contributed by atoms with Gasteiger partial charge in [0, 0.05) is 22.8 Å². The van der Waals surface area contributed by atoms with E-state index in [0.717, 1.165) is 15.7 Å². The highest BCUT2D eigenvalue weighted by molar-refractivity contribution is 9.10. The van der Waals surface area contributed by atoms with Gasteiger partial charge in [-0.05, 0) is 30.5 Å². The third-order valence-corrected chi connectivity index (χ3v) is 3.98. The molecule has 0 bridgehead atoms.